The molecule has 0 N–H and O–H groups in total. The van der Waals surface area contributed by atoms with Crippen molar-refractivity contribution in [3.05, 3.63) is 211 Å². The summed E-state index contributed by atoms with van der Waals surface area (Å²) in [6.07, 6.45) is 0. The van der Waals surface area contributed by atoms with Gasteiger partial charge in [-0.05, 0) is 64.9 Å². The molecule has 5 heteroatoms. The summed E-state index contributed by atoms with van der Waals surface area (Å²) >= 11 is 0. The van der Waals surface area contributed by atoms with Gasteiger partial charge in [0.15, 0.2) is 11.7 Å². The first-order chi connectivity index (χ1) is 28.2. The zero-order valence-electron chi connectivity index (χ0n) is 31.1. The fourth-order valence-corrected chi connectivity index (χ4v) is 7.96. The Hall–Kier alpha value is -7.63. The minimum atomic E-state index is 0.463. The van der Waals surface area contributed by atoms with E-state index in [1.165, 1.54) is 21.9 Å². The summed E-state index contributed by atoms with van der Waals surface area (Å²) in [6, 6.07) is 67.3. The third kappa shape index (κ3) is 6.21. The summed E-state index contributed by atoms with van der Waals surface area (Å²) in [5.41, 5.74) is 12.6. The monoisotopic (exact) mass is 732 g/mol. The smallest absolute Gasteiger partial charge is 0.161 e. The van der Waals surface area contributed by atoms with Crippen molar-refractivity contribution in [2.24, 2.45) is 15.0 Å². The molecule has 0 saturated heterocycles. The Balaban J connectivity index is 1.01. The van der Waals surface area contributed by atoms with Crippen molar-refractivity contribution in [1.82, 2.24) is 4.57 Å². The number of amidine groups is 2. The van der Waals surface area contributed by atoms with Crippen LogP contribution in [0.2, 0.25) is 0 Å². The maximum atomic E-state index is 6.62. The minimum Gasteiger partial charge on any atom is -0.456 e. The summed E-state index contributed by atoms with van der Waals surface area (Å²) in [7, 11) is 0. The van der Waals surface area contributed by atoms with E-state index in [1.807, 2.05) is 60.7 Å². The van der Waals surface area contributed by atoms with E-state index in [4.69, 9.17) is 14.4 Å². The van der Waals surface area contributed by atoms with E-state index in [0.29, 0.717) is 18.2 Å². The predicted octanol–water partition coefficient (Wildman–Crippen LogP) is 13.1. The van der Waals surface area contributed by atoms with Gasteiger partial charge in [0.25, 0.3) is 0 Å². The van der Waals surface area contributed by atoms with Crippen LogP contribution in [0.25, 0.3) is 71.7 Å². The number of nitrogens with zero attached hydrogens (tertiary/aromatic N) is 4. The molecule has 0 aliphatic rings. The average molecular weight is 733 g/mol. The molecule has 0 fully saturated rings. The predicted molar refractivity (Wildman–Crippen MR) is 238 cm³/mol. The highest BCUT2D eigenvalue weighted by Crippen LogP contribution is 2.41. The molecule has 270 valence electrons. The van der Waals surface area contributed by atoms with Gasteiger partial charge in [-0.15, -0.1) is 0 Å². The van der Waals surface area contributed by atoms with Crippen LogP contribution in [0.3, 0.4) is 0 Å². The molecule has 2 heterocycles. The topological polar surface area (TPSA) is 55.1 Å². The van der Waals surface area contributed by atoms with Crippen LogP contribution in [-0.4, -0.2) is 23.0 Å². The van der Waals surface area contributed by atoms with Crippen LogP contribution in [0.1, 0.15) is 16.7 Å². The zero-order chi connectivity index (χ0) is 38.1. The number of furan rings is 1. The fraction of sp³-hybridized carbons (Fsp3) is 0.0192. The van der Waals surface area contributed by atoms with Gasteiger partial charge >= 0.3 is 0 Å². The fourth-order valence-electron chi connectivity index (χ4n) is 7.96. The first-order valence-electron chi connectivity index (χ1n) is 19.1. The highest BCUT2D eigenvalue weighted by Gasteiger charge is 2.18. The molecule has 0 spiro atoms. The van der Waals surface area contributed by atoms with Crippen molar-refractivity contribution in [2.75, 3.05) is 0 Å². The second-order valence-corrected chi connectivity index (χ2v) is 14.0. The average Bonchev–Trinajstić information content (AvgIpc) is 3.83. The molecule has 10 aromatic rings. The molecule has 5 nitrogen and oxygen atoms in total. The van der Waals surface area contributed by atoms with Crippen LogP contribution in [0, 0.1) is 0 Å². The number of benzene rings is 8. The van der Waals surface area contributed by atoms with Gasteiger partial charge in [0.1, 0.15) is 11.2 Å². The maximum Gasteiger partial charge on any atom is 0.161 e. The first kappa shape index (κ1) is 33.9. The van der Waals surface area contributed by atoms with Crippen molar-refractivity contribution in [2.45, 2.75) is 6.54 Å². The SMILES string of the molecule is C=N/C(=N\C(=N/Cc1ccc(-c2cccc3oc4cc(-n5c6ccccc6c6c(-c7ccccc7)cccc65)ccc4c23)cc1)c1ccccc1)c1ccccc1. The van der Waals surface area contributed by atoms with Crippen LogP contribution < -0.4 is 0 Å². The number of hydrogen-bond acceptors (Lipinski definition) is 2. The lowest BCUT2D eigenvalue weighted by Gasteiger charge is -2.09. The molecule has 0 amide bonds. The Kier molecular flexibility index (Phi) is 8.65. The van der Waals surface area contributed by atoms with E-state index in [9.17, 15) is 0 Å². The highest BCUT2D eigenvalue weighted by atomic mass is 16.3. The molecule has 0 bridgehead atoms. The number of fused-ring (bicyclic) bond motifs is 6. The van der Waals surface area contributed by atoms with E-state index >= 15 is 0 Å². The molecule has 0 unspecified atom stereocenters. The van der Waals surface area contributed by atoms with Gasteiger partial charge in [-0.3, -0.25) is 4.99 Å². The molecular weight excluding hydrogens is 697 g/mol. The van der Waals surface area contributed by atoms with Crippen molar-refractivity contribution in [3.63, 3.8) is 0 Å². The number of aliphatic imine (C=N–C) groups is 3. The van der Waals surface area contributed by atoms with E-state index in [-0.39, 0.29) is 0 Å². The molecule has 10 rings (SSSR count). The Morgan fingerprint density at radius 2 is 1.11 bits per heavy atom. The molecule has 8 aromatic carbocycles. The van der Waals surface area contributed by atoms with Gasteiger partial charge in [-0.2, -0.15) is 0 Å². The molecule has 2 aromatic heterocycles. The third-order valence-electron chi connectivity index (χ3n) is 10.6. The number of aromatic nitrogens is 1. The summed E-state index contributed by atoms with van der Waals surface area (Å²) < 4.78 is 8.98. The third-order valence-corrected chi connectivity index (χ3v) is 10.6. The number of para-hydroxylation sites is 1. The molecule has 0 aliphatic heterocycles. The van der Waals surface area contributed by atoms with Crippen LogP contribution >= 0.6 is 0 Å². The normalized spacial score (nSPS) is 12.2. The molecule has 0 atom stereocenters. The van der Waals surface area contributed by atoms with Crippen LogP contribution in [0.4, 0.5) is 0 Å². The lowest BCUT2D eigenvalue weighted by atomic mass is 9.98. The van der Waals surface area contributed by atoms with E-state index in [0.717, 1.165) is 66.5 Å². The summed E-state index contributed by atoms with van der Waals surface area (Å²) in [5, 5.41) is 4.65. The van der Waals surface area contributed by atoms with Crippen molar-refractivity contribution >= 4 is 62.1 Å². The summed E-state index contributed by atoms with van der Waals surface area (Å²) in [4.78, 5) is 14.1. The summed E-state index contributed by atoms with van der Waals surface area (Å²) in [5.74, 6) is 1.14. The Labute approximate surface area is 330 Å². The van der Waals surface area contributed by atoms with Gasteiger partial charge in [0.05, 0.1) is 17.6 Å². The van der Waals surface area contributed by atoms with Crippen molar-refractivity contribution in [3.8, 4) is 27.9 Å². The lowest BCUT2D eigenvalue weighted by molar-refractivity contribution is 0.668. The maximum absolute atomic E-state index is 6.62. The second kappa shape index (κ2) is 14.5. The Bertz CT molecular complexity index is 3140. The first-order valence-corrected chi connectivity index (χ1v) is 19.1. The van der Waals surface area contributed by atoms with Gasteiger partial charge in [-0.25, -0.2) is 9.98 Å². The van der Waals surface area contributed by atoms with Gasteiger partial charge in [0, 0.05) is 44.4 Å². The molecular formula is C52H36N4O. The van der Waals surface area contributed by atoms with Gasteiger partial charge in [0.2, 0.25) is 0 Å². The van der Waals surface area contributed by atoms with E-state index < -0.39 is 0 Å². The Morgan fingerprint density at radius 1 is 0.491 bits per heavy atom. The standard InChI is InChI=1S/C52H36N4O/c1-53-51(38-17-7-3-8-18-38)55-52(39-19-9-4-10-20-39)54-34-35-27-29-37(30-28-35)42-23-14-26-47-50(42)44-32-31-40(33-48(44)57-47)56-45-24-12-11-21-43(45)49-41(22-13-25-46(49)56)36-15-5-2-6-16-36/h2-33H,1,34H2/b54-52-,55-51-. The Morgan fingerprint density at radius 3 is 1.84 bits per heavy atom. The lowest BCUT2D eigenvalue weighted by Crippen LogP contribution is -2.05. The quantitative estimate of drug-likeness (QED) is 0.119. The van der Waals surface area contributed by atoms with E-state index in [2.05, 4.69) is 150 Å². The van der Waals surface area contributed by atoms with Gasteiger partial charge in [-0.1, -0.05) is 158 Å². The number of hydrogen-bond donors (Lipinski definition) is 0. The highest BCUT2D eigenvalue weighted by molar-refractivity contribution is 6.17. The second-order valence-electron chi connectivity index (χ2n) is 14.0. The molecule has 0 radical (unpaired) electrons. The van der Waals surface area contributed by atoms with Crippen LogP contribution in [0.5, 0.6) is 0 Å². The van der Waals surface area contributed by atoms with E-state index in [1.54, 1.807) is 0 Å². The zero-order valence-corrected chi connectivity index (χ0v) is 31.1. The van der Waals surface area contributed by atoms with Crippen LogP contribution in [0.15, 0.2) is 214 Å². The van der Waals surface area contributed by atoms with Gasteiger partial charge < -0.3 is 8.98 Å². The molecule has 57 heavy (non-hydrogen) atoms. The summed E-state index contributed by atoms with van der Waals surface area (Å²) in [6.45, 7) is 4.25. The van der Waals surface area contributed by atoms with Crippen molar-refractivity contribution in [1.29, 1.82) is 0 Å². The van der Waals surface area contributed by atoms with Crippen LogP contribution in [-0.2, 0) is 6.54 Å². The molecule has 0 aliphatic carbocycles. The minimum absolute atomic E-state index is 0.463. The largest absolute Gasteiger partial charge is 0.456 e. The molecule has 0 saturated carbocycles. The van der Waals surface area contributed by atoms with Crippen molar-refractivity contribution < 1.29 is 4.42 Å². The number of rotatable bonds is 7.